The highest BCUT2D eigenvalue weighted by molar-refractivity contribution is 5.92. The molecule has 0 aliphatic rings. The Bertz CT molecular complexity index is 790. The van der Waals surface area contributed by atoms with Gasteiger partial charge in [-0.15, -0.1) is 0 Å². The SMILES string of the molecule is O=c1c2ccc(F)cc2oc2c(O)cccc12. The number of hydrogen-bond donors (Lipinski definition) is 1. The molecule has 1 N–H and O–H groups in total. The van der Waals surface area contributed by atoms with Gasteiger partial charge in [-0.2, -0.15) is 0 Å². The van der Waals surface area contributed by atoms with Gasteiger partial charge in [0.25, 0.3) is 0 Å². The van der Waals surface area contributed by atoms with Gasteiger partial charge in [0.2, 0.25) is 5.43 Å². The minimum absolute atomic E-state index is 0.0793. The number of phenolic OH excluding ortho intramolecular Hbond substituents is 1. The Kier molecular flexibility index (Phi) is 1.92. The van der Waals surface area contributed by atoms with Crippen LogP contribution in [0.1, 0.15) is 0 Å². The first-order chi connectivity index (χ1) is 8.16. The van der Waals surface area contributed by atoms with E-state index in [0.717, 1.165) is 6.07 Å². The molecule has 0 bridgehead atoms. The van der Waals surface area contributed by atoms with E-state index in [1.165, 1.54) is 18.2 Å². The molecule has 3 aromatic rings. The molecular weight excluding hydrogens is 223 g/mol. The molecule has 0 unspecified atom stereocenters. The number of fused-ring (bicyclic) bond motifs is 2. The Morgan fingerprint density at radius 2 is 1.94 bits per heavy atom. The topological polar surface area (TPSA) is 50.4 Å². The molecule has 0 amide bonds. The molecule has 17 heavy (non-hydrogen) atoms. The summed E-state index contributed by atoms with van der Waals surface area (Å²) in [5, 5.41) is 10.2. The van der Waals surface area contributed by atoms with Gasteiger partial charge in [0.15, 0.2) is 11.3 Å². The molecule has 0 saturated carbocycles. The monoisotopic (exact) mass is 230 g/mol. The fourth-order valence-electron chi connectivity index (χ4n) is 1.83. The van der Waals surface area contributed by atoms with Crippen LogP contribution >= 0.6 is 0 Å². The maximum Gasteiger partial charge on any atom is 0.200 e. The van der Waals surface area contributed by atoms with Crippen LogP contribution in [0, 0.1) is 5.82 Å². The number of halogens is 1. The molecule has 0 aliphatic heterocycles. The highest BCUT2D eigenvalue weighted by atomic mass is 19.1. The quantitative estimate of drug-likeness (QED) is 0.604. The minimum atomic E-state index is -0.490. The van der Waals surface area contributed by atoms with E-state index < -0.39 is 5.82 Å². The van der Waals surface area contributed by atoms with E-state index in [4.69, 9.17) is 4.42 Å². The molecule has 0 atom stereocenters. The summed E-state index contributed by atoms with van der Waals surface area (Å²) in [6, 6.07) is 8.24. The van der Waals surface area contributed by atoms with Crippen LogP contribution in [0.3, 0.4) is 0 Å². The van der Waals surface area contributed by atoms with Gasteiger partial charge in [0.1, 0.15) is 11.4 Å². The second kappa shape index (κ2) is 3.31. The van der Waals surface area contributed by atoms with Gasteiger partial charge < -0.3 is 9.52 Å². The summed E-state index contributed by atoms with van der Waals surface area (Å²) in [7, 11) is 0. The lowest BCUT2D eigenvalue weighted by Gasteiger charge is -2.02. The van der Waals surface area contributed by atoms with Crippen molar-refractivity contribution in [2.45, 2.75) is 0 Å². The van der Waals surface area contributed by atoms with Gasteiger partial charge in [-0.25, -0.2) is 4.39 Å². The predicted molar refractivity (Wildman–Crippen MR) is 61.6 cm³/mol. The highest BCUT2D eigenvalue weighted by Gasteiger charge is 2.10. The number of hydrogen-bond acceptors (Lipinski definition) is 3. The average Bonchev–Trinajstić information content (AvgIpc) is 2.30. The smallest absolute Gasteiger partial charge is 0.200 e. The first kappa shape index (κ1) is 9.84. The van der Waals surface area contributed by atoms with E-state index in [-0.39, 0.29) is 27.7 Å². The molecule has 3 nitrogen and oxygen atoms in total. The molecule has 84 valence electrons. The van der Waals surface area contributed by atoms with Gasteiger partial charge in [-0.3, -0.25) is 4.79 Å². The molecule has 1 heterocycles. The van der Waals surface area contributed by atoms with Gasteiger partial charge in [-0.1, -0.05) is 6.07 Å². The number of benzene rings is 2. The van der Waals surface area contributed by atoms with Crippen molar-refractivity contribution < 1.29 is 13.9 Å². The lowest BCUT2D eigenvalue weighted by Crippen LogP contribution is -2.02. The molecule has 0 aliphatic carbocycles. The van der Waals surface area contributed by atoms with Crippen LogP contribution < -0.4 is 5.43 Å². The van der Waals surface area contributed by atoms with Crippen LogP contribution in [0.2, 0.25) is 0 Å². The molecule has 0 spiro atoms. The average molecular weight is 230 g/mol. The highest BCUT2D eigenvalue weighted by Crippen LogP contribution is 2.25. The van der Waals surface area contributed by atoms with Crippen molar-refractivity contribution in [2.24, 2.45) is 0 Å². The van der Waals surface area contributed by atoms with E-state index >= 15 is 0 Å². The number of phenols is 1. The Hall–Kier alpha value is -2.36. The second-order valence-corrected chi connectivity index (χ2v) is 3.73. The van der Waals surface area contributed by atoms with Crippen molar-refractivity contribution in [2.75, 3.05) is 0 Å². The van der Waals surface area contributed by atoms with Crippen molar-refractivity contribution in [1.29, 1.82) is 0 Å². The lowest BCUT2D eigenvalue weighted by atomic mass is 10.1. The summed E-state index contributed by atoms with van der Waals surface area (Å²) in [4.78, 5) is 12.1. The van der Waals surface area contributed by atoms with Crippen molar-refractivity contribution in [3.63, 3.8) is 0 Å². The summed E-state index contributed by atoms with van der Waals surface area (Å²) in [5.41, 5.74) is -0.0725. The summed E-state index contributed by atoms with van der Waals surface area (Å²) in [6.45, 7) is 0. The number of aromatic hydroxyl groups is 1. The number of rotatable bonds is 0. The first-order valence-electron chi connectivity index (χ1n) is 5.01. The zero-order chi connectivity index (χ0) is 12.0. The molecule has 0 saturated heterocycles. The standard InChI is InChI=1S/C13H7FO3/c14-7-4-5-8-11(6-7)17-13-9(12(8)16)2-1-3-10(13)15/h1-6,15H. The van der Waals surface area contributed by atoms with E-state index in [9.17, 15) is 14.3 Å². The van der Waals surface area contributed by atoms with Crippen LogP contribution in [0.25, 0.3) is 21.9 Å². The van der Waals surface area contributed by atoms with Crippen molar-refractivity contribution in [1.82, 2.24) is 0 Å². The summed E-state index contributed by atoms with van der Waals surface area (Å²) < 4.78 is 18.4. The molecule has 0 fully saturated rings. The molecular formula is C13H7FO3. The van der Waals surface area contributed by atoms with Crippen LogP contribution in [-0.2, 0) is 0 Å². The Morgan fingerprint density at radius 1 is 1.12 bits per heavy atom. The van der Waals surface area contributed by atoms with E-state index in [0.29, 0.717) is 5.39 Å². The van der Waals surface area contributed by atoms with Gasteiger partial charge >= 0.3 is 0 Å². The van der Waals surface area contributed by atoms with Gasteiger partial charge in [-0.05, 0) is 24.3 Å². The third kappa shape index (κ3) is 1.38. The largest absolute Gasteiger partial charge is 0.504 e. The maximum atomic E-state index is 13.0. The summed E-state index contributed by atoms with van der Waals surface area (Å²) in [5.74, 6) is -0.624. The fraction of sp³-hybridized carbons (Fsp3) is 0. The van der Waals surface area contributed by atoms with Crippen molar-refractivity contribution >= 4 is 21.9 Å². The van der Waals surface area contributed by atoms with Crippen LogP contribution in [0.5, 0.6) is 5.75 Å². The maximum absolute atomic E-state index is 13.0. The zero-order valence-electron chi connectivity index (χ0n) is 8.61. The molecule has 3 rings (SSSR count). The second-order valence-electron chi connectivity index (χ2n) is 3.73. The van der Waals surface area contributed by atoms with Crippen molar-refractivity contribution in [3.8, 4) is 5.75 Å². The number of para-hydroxylation sites is 1. The molecule has 2 aromatic carbocycles. The van der Waals surface area contributed by atoms with E-state index in [1.807, 2.05) is 0 Å². The Labute approximate surface area is 94.7 Å². The summed E-state index contributed by atoms with van der Waals surface area (Å²) in [6.07, 6.45) is 0. The van der Waals surface area contributed by atoms with Gasteiger partial charge in [0.05, 0.1) is 10.8 Å². The van der Waals surface area contributed by atoms with E-state index in [1.54, 1.807) is 12.1 Å². The third-order valence-electron chi connectivity index (χ3n) is 2.64. The lowest BCUT2D eigenvalue weighted by molar-refractivity contribution is 0.467. The Balaban J connectivity index is 2.62. The molecule has 0 radical (unpaired) electrons. The van der Waals surface area contributed by atoms with Crippen LogP contribution in [0.15, 0.2) is 45.6 Å². The van der Waals surface area contributed by atoms with Crippen LogP contribution in [0.4, 0.5) is 4.39 Å². The predicted octanol–water partition coefficient (Wildman–Crippen LogP) is 2.79. The Morgan fingerprint density at radius 3 is 2.76 bits per heavy atom. The van der Waals surface area contributed by atoms with Crippen LogP contribution in [-0.4, -0.2) is 5.11 Å². The fourth-order valence-corrected chi connectivity index (χ4v) is 1.83. The van der Waals surface area contributed by atoms with E-state index in [2.05, 4.69) is 0 Å². The zero-order valence-corrected chi connectivity index (χ0v) is 8.61. The summed E-state index contributed by atoms with van der Waals surface area (Å²) >= 11 is 0. The minimum Gasteiger partial charge on any atom is -0.504 e. The molecule has 1 aromatic heterocycles. The van der Waals surface area contributed by atoms with Gasteiger partial charge in [0, 0.05) is 6.07 Å². The normalized spacial score (nSPS) is 11.1. The van der Waals surface area contributed by atoms with Crippen molar-refractivity contribution in [3.05, 3.63) is 52.4 Å². The molecule has 4 heteroatoms. The third-order valence-corrected chi connectivity index (χ3v) is 2.64. The first-order valence-corrected chi connectivity index (χ1v) is 5.01.